The Hall–Kier alpha value is -3.23. The number of amides is 1. The van der Waals surface area contributed by atoms with Gasteiger partial charge < -0.3 is 10.1 Å². The Bertz CT molecular complexity index is 1230. The van der Waals surface area contributed by atoms with Crippen molar-refractivity contribution in [3.05, 3.63) is 88.1 Å². The molecule has 7 nitrogen and oxygen atoms in total. The maximum Gasteiger partial charge on any atom is 0.251 e. The Morgan fingerprint density at radius 3 is 2.70 bits per heavy atom. The molecule has 1 amide bonds. The standard InChI is InChI=1S/C24H22ClN3O4S/c1-28-20-8-7-17(24(30)27-14-16-6-9-22(32-2)26-13-16)12-19(20)23(29)21(33(28)31)11-15-4-3-5-18(25)10-15/h3-10,12-13,21H,11,14H2,1-2H3,(H,27,30). The van der Waals surface area contributed by atoms with Crippen LogP contribution in [0.5, 0.6) is 5.88 Å². The summed E-state index contributed by atoms with van der Waals surface area (Å²) < 4.78 is 19.6. The van der Waals surface area contributed by atoms with Crippen LogP contribution in [0.1, 0.15) is 31.8 Å². The van der Waals surface area contributed by atoms with Gasteiger partial charge in [0.1, 0.15) is 16.2 Å². The molecule has 2 heterocycles. The fraction of sp³-hybridized carbons (Fsp3) is 0.208. The molecule has 2 atom stereocenters. The summed E-state index contributed by atoms with van der Waals surface area (Å²) in [6, 6.07) is 15.5. The van der Waals surface area contributed by atoms with E-state index in [0.717, 1.165) is 11.1 Å². The minimum Gasteiger partial charge on any atom is -0.481 e. The van der Waals surface area contributed by atoms with Gasteiger partial charge in [0.05, 0.1) is 12.8 Å². The number of rotatable bonds is 6. The predicted octanol–water partition coefficient (Wildman–Crippen LogP) is 3.58. The molecule has 0 bridgehead atoms. The third-order valence-corrected chi connectivity index (χ3v) is 7.28. The summed E-state index contributed by atoms with van der Waals surface area (Å²) in [6.07, 6.45) is 1.91. The van der Waals surface area contributed by atoms with Crippen LogP contribution in [0.3, 0.4) is 0 Å². The highest BCUT2D eigenvalue weighted by Gasteiger charge is 2.37. The van der Waals surface area contributed by atoms with E-state index in [1.54, 1.807) is 60.0 Å². The maximum absolute atomic E-state index is 13.3. The third-order valence-electron chi connectivity index (χ3n) is 5.44. The quantitative estimate of drug-likeness (QED) is 0.579. The molecular formula is C24H22ClN3O4S. The highest BCUT2D eigenvalue weighted by atomic mass is 35.5. The number of hydrogen-bond acceptors (Lipinski definition) is 5. The molecule has 1 aliphatic heterocycles. The molecule has 33 heavy (non-hydrogen) atoms. The molecule has 0 saturated heterocycles. The van der Waals surface area contributed by atoms with Crippen molar-refractivity contribution in [3.8, 4) is 5.88 Å². The lowest BCUT2D eigenvalue weighted by atomic mass is 9.98. The lowest BCUT2D eigenvalue weighted by Gasteiger charge is -2.31. The topological polar surface area (TPSA) is 88.6 Å². The number of aromatic nitrogens is 1. The zero-order valence-corrected chi connectivity index (χ0v) is 19.7. The summed E-state index contributed by atoms with van der Waals surface area (Å²) >= 11 is 6.06. The number of nitrogens with one attached hydrogen (secondary N) is 1. The summed E-state index contributed by atoms with van der Waals surface area (Å²) in [7, 11) is 1.67. The Kier molecular flexibility index (Phi) is 6.76. The van der Waals surface area contributed by atoms with Crippen molar-refractivity contribution >= 4 is 40.0 Å². The molecular weight excluding hydrogens is 462 g/mol. The van der Waals surface area contributed by atoms with Crippen LogP contribution in [0.15, 0.2) is 60.8 Å². The van der Waals surface area contributed by atoms with Gasteiger partial charge in [0, 0.05) is 42.0 Å². The number of methoxy groups -OCH3 is 1. The van der Waals surface area contributed by atoms with Gasteiger partial charge >= 0.3 is 0 Å². The number of ether oxygens (including phenoxy) is 1. The molecule has 0 aliphatic carbocycles. The minimum atomic E-state index is -1.55. The third kappa shape index (κ3) is 4.91. The highest BCUT2D eigenvalue weighted by Crippen LogP contribution is 2.32. The van der Waals surface area contributed by atoms with Gasteiger partial charge in [-0.25, -0.2) is 9.19 Å². The summed E-state index contributed by atoms with van der Waals surface area (Å²) in [6.45, 7) is 0.280. The van der Waals surface area contributed by atoms with Gasteiger partial charge in [-0.2, -0.15) is 0 Å². The summed E-state index contributed by atoms with van der Waals surface area (Å²) in [5.41, 5.74) is 2.91. The monoisotopic (exact) mass is 483 g/mol. The Labute approximate surface area is 199 Å². The Morgan fingerprint density at radius 1 is 1.18 bits per heavy atom. The highest BCUT2D eigenvalue weighted by molar-refractivity contribution is 7.88. The molecule has 170 valence electrons. The first-order valence-electron chi connectivity index (χ1n) is 10.2. The molecule has 1 aliphatic rings. The molecule has 9 heteroatoms. The van der Waals surface area contributed by atoms with E-state index >= 15 is 0 Å². The molecule has 4 rings (SSSR count). The number of Topliss-reactive ketones (excluding diaryl/α,β-unsaturated/α-hetero) is 1. The average Bonchev–Trinajstić information content (AvgIpc) is 2.83. The predicted molar refractivity (Wildman–Crippen MR) is 128 cm³/mol. The first-order valence-corrected chi connectivity index (χ1v) is 11.8. The van der Waals surface area contributed by atoms with Crippen molar-refractivity contribution in [1.82, 2.24) is 10.3 Å². The number of pyridine rings is 1. The average molecular weight is 484 g/mol. The fourth-order valence-electron chi connectivity index (χ4n) is 3.66. The van der Waals surface area contributed by atoms with Crippen LogP contribution in [0, 0.1) is 0 Å². The normalized spacial score (nSPS) is 17.4. The van der Waals surface area contributed by atoms with E-state index in [-0.39, 0.29) is 24.7 Å². The lowest BCUT2D eigenvalue weighted by molar-refractivity contribution is 0.0951. The second-order valence-corrected chi connectivity index (χ2v) is 9.69. The second kappa shape index (κ2) is 9.72. The fourth-order valence-corrected chi connectivity index (χ4v) is 5.26. The van der Waals surface area contributed by atoms with Crippen molar-refractivity contribution in [1.29, 1.82) is 0 Å². The van der Waals surface area contributed by atoms with E-state index in [0.29, 0.717) is 27.7 Å². The number of nitrogens with zero attached hydrogens (tertiary/aromatic N) is 2. The minimum absolute atomic E-state index is 0.254. The van der Waals surface area contributed by atoms with Crippen molar-refractivity contribution in [3.63, 3.8) is 0 Å². The Balaban J connectivity index is 1.53. The van der Waals surface area contributed by atoms with Gasteiger partial charge in [-0.05, 0) is 47.9 Å². The van der Waals surface area contributed by atoms with E-state index in [1.807, 2.05) is 12.1 Å². The number of halogens is 1. The van der Waals surface area contributed by atoms with Gasteiger partial charge in [-0.3, -0.25) is 13.9 Å². The molecule has 1 aromatic heterocycles. The van der Waals surface area contributed by atoms with Crippen LogP contribution >= 0.6 is 11.6 Å². The van der Waals surface area contributed by atoms with E-state index in [1.165, 1.54) is 7.11 Å². The Morgan fingerprint density at radius 2 is 2.00 bits per heavy atom. The van der Waals surface area contributed by atoms with Gasteiger partial charge in [0.25, 0.3) is 5.91 Å². The molecule has 0 fully saturated rings. The SMILES string of the molecule is COc1ccc(CNC(=O)c2ccc3c(c2)C(=O)C(Cc2cccc(Cl)c2)S(=O)N3C)cn1. The molecule has 0 radical (unpaired) electrons. The zero-order chi connectivity index (χ0) is 23.5. The molecule has 0 spiro atoms. The number of benzene rings is 2. The van der Waals surface area contributed by atoms with E-state index in [2.05, 4.69) is 10.3 Å². The molecule has 3 aromatic rings. The molecule has 1 N–H and O–H groups in total. The van der Waals surface area contributed by atoms with Crippen LogP contribution in [0.2, 0.25) is 5.02 Å². The van der Waals surface area contributed by atoms with Crippen molar-refractivity contribution in [2.75, 3.05) is 18.5 Å². The maximum atomic E-state index is 13.3. The van der Waals surface area contributed by atoms with Crippen LogP contribution < -0.4 is 14.4 Å². The number of carbonyl (C=O) groups is 2. The smallest absolute Gasteiger partial charge is 0.251 e. The number of hydrogen-bond donors (Lipinski definition) is 1. The van der Waals surface area contributed by atoms with Gasteiger partial charge in [0.15, 0.2) is 5.78 Å². The molecule has 0 saturated carbocycles. The van der Waals surface area contributed by atoms with Crippen molar-refractivity contribution in [2.24, 2.45) is 0 Å². The molecule has 2 aromatic carbocycles. The van der Waals surface area contributed by atoms with Gasteiger partial charge in [-0.1, -0.05) is 29.8 Å². The number of carbonyl (C=O) groups excluding carboxylic acids is 2. The summed E-state index contributed by atoms with van der Waals surface area (Å²) in [5, 5.41) is 2.63. The van der Waals surface area contributed by atoms with E-state index in [9.17, 15) is 13.8 Å². The van der Waals surface area contributed by atoms with Crippen molar-refractivity contribution in [2.45, 2.75) is 18.2 Å². The first kappa shape index (κ1) is 22.9. The van der Waals surface area contributed by atoms with Crippen molar-refractivity contribution < 1.29 is 18.5 Å². The molecule has 2 unspecified atom stereocenters. The zero-order valence-electron chi connectivity index (χ0n) is 18.1. The number of ketones is 1. The van der Waals surface area contributed by atoms with E-state index in [4.69, 9.17) is 16.3 Å². The largest absolute Gasteiger partial charge is 0.481 e. The number of anilines is 1. The van der Waals surface area contributed by atoms with Crippen LogP contribution in [-0.2, 0) is 24.0 Å². The summed E-state index contributed by atoms with van der Waals surface area (Å²) in [4.78, 5) is 30.1. The number of fused-ring (bicyclic) bond motifs is 1. The van der Waals surface area contributed by atoms with Crippen LogP contribution in [0.25, 0.3) is 0 Å². The lowest BCUT2D eigenvalue weighted by Crippen LogP contribution is -2.42. The van der Waals surface area contributed by atoms with Gasteiger partial charge in [-0.15, -0.1) is 0 Å². The summed E-state index contributed by atoms with van der Waals surface area (Å²) in [5.74, 6) is -0.0790. The first-order chi connectivity index (χ1) is 15.9. The van der Waals surface area contributed by atoms with Crippen LogP contribution in [0.4, 0.5) is 5.69 Å². The van der Waals surface area contributed by atoms with E-state index < -0.39 is 16.2 Å². The van der Waals surface area contributed by atoms with Gasteiger partial charge in [0.2, 0.25) is 5.88 Å². The van der Waals surface area contributed by atoms with Crippen LogP contribution in [-0.4, -0.2) is 40.3 Å². The second-order valence-electron chi connectivity index (χ2n) is 7.58.